The van der Waals surface area contributed by atoms with Crippen molar-refractivity contribution in [1.82, 2.24) is 15.1 Å². The highest BCUT2D eigenvalue weighted by molar-refractivity contribution is 7.92. The van der Waals surface area contributed by atoms with E-state index in [1.807, 2.05) is 0 Å². The summed E-state index contributed by atoms with van der Waals surface area (Å²) in [5, 5.41) is 6.53. The fourth-order valence-electron chi connectivity index (χ4n) is 3.49. The molecule has 4 rings (SSSR count). The standard InChI is InChI=1S/C19H17F2N3O3S/c20-12-1-4-14(5-2-12)28(26,27)15-7-9-24(10-8-15)19(25)18-16-6-3-13(21)11-17(16)22-23-18/h1-6,11,15H,7-10H2,(H,22,23). The van der Waals surface area contributed by atoms with E-state index in [-0.39, 0.29) is 42.4 Å². The molecule has 2 heterocycles. The first-order valence-electron chi connectivity index (χ1n) is 8.78. The molecular weight excluding hydrogens is 388 g/mol. The van der Waals surface area contributed by atoms with E-state index in [0.29, 0.717) is 10.9 Å². The Balaban J connectivity index is 1.49. The molecule has 1 saturated heterocycles. The van der Waals surface area contributed by atoms with Gasteiger partial charge in [-0.1, -0.05) is 0 Å². The average Bonchev–Trinajstić information content (AvgIpc) is 3.11. The summed E-state index contributed by atoms with van der Waals surface area (Å²) >= 11 is 0. The Hall–Kier alpha value is -2.81. The molecule has 0 atom stereocenters. The molecule has 1 N–H and O–H groups in total. The normalized spacial score (nSPS) is 15.9. The van der Waals surface area contributed by atoms with E-state index in [2.05, 4.69) is 10.2 Å². The molecule has 1 fully saturated rings. The second kappa shape index (κ2) is 6.97. The molecule has 0 saturated carbocycles. The summed E-state index contributed by atoms with van der Waals surface area (Å²) < 4.78 is 51.8. The molecule has 0 radical (unpaired) electrons. The van der Waals surface area contributed by atoms with Gasteiger partial charge in [0.05, 0.1) is 15.7 Å². The van der Waals surface area contributed by atoms with E-state index in [1.165, 1.54) is 30.3 Å². The first-order chi connectivity index (χ1) is 13.4. The van der Waals surface area contributed by atoms with Crippen LogP contribution in [-0.4, -0.2) is 47.8 Å². The molecule has 6 nitrogen and oxygen atoms in total. The number of likely N-dealkylation sites (tertiary alicyclic amines) is 1. The number of hydrogen-bond acceptors (Lipinski definition) is 4. The van der Waals surface area contributed by atoms with E-state index in [9.17, 15) is 22.0 Å². The monoisotopic (exact) mass is 405 g/mol. The highest BCUT2D eigenvalue weighted by Gasteiger charge is 2.33. The number of benzene rings is 2. The summed E-state index contributed by atoms with van der Waals surface area (Å²) in [5.41, 5.74) is 0.618. The molecule has 0 bridgehead atoms. The van der Waals surface area contributed by atoms with Crippen molar-refractivity contribution in [2.75, 3.05) is 13.1 Å². The third-order valence-electron chi connectivity index (χ3n) is 5.04. The lowest BCUT2D eigenvalue weighted by atomic mass is 10.1. The quantitative estimate of drug-likeness (QED) is 0.679. The van der Waals surface area contributed by atoms with Crippen molar-refractivity contribution >= 4 is 26.6 Å². The van der Waals surface area contributed by atoms with Crippen LogP contribution in [0.15, 0.2) is 47.4 Å². The molecule has 0 aliphatic carbocycles. The van der Waals surface area contributed by atoms with Crippen LogP contribution in [-0.2, 0) is 9.84 Å². The van der Waals surface area contributed by atoms with Gasteiger partial charge in [-0.25, -0.2) is 17.2 Å². The van der Waals surface area contributed by atoms with Crippen LogP contribution in [0.2, 0.25) is 0 Å². The first kappa shape index (κ1) is 18.5. The molecule has 1 amide bonds. The van der Waals surface area contributed by atoms with Crippen LogP contribution < -0.4 is 0 Å². The minimum Gasteiger partial charge on any atom is -0.337 e. The third-order valence-corrected chi connectivity index (χ3v) is 7.32. The maximum Gasteiger partial charge on any atom is 0.274 e. The number of sulfone groups is 1. The summed E-state index contributed by atoms with van der Waals surface area (Å²) in [6, 6.07) is 8.78. The Morgan fingerprint density at radius 1 is 1.04 bits per heavy atom. The number of carbonyl (C=O) groups excluding carboxylic acids is 1. The van der Waals surface area contributed by atoms with E-state index in [0.717, 1.165) is 12.1 Å². The highest BCUT2D eigenvalue weighted by atomic mass is 32.2. The predicted octanol–water partition coefficient (Wildman–Crippen LogP) is 2.92. The Labute approximate surface area is 160 Å². The molecule has 28 heavy (non-hydrogen) atoms. The van der Waals surface area contributed by atoms with Crippen molar-refractivity contribution < 1.29 is 22.0 Å². The molecular formula is C19H17F2N3O3S. The summed E-state index contributed by atoms with van der Waals surface area (Å²) in [5.74, 6) is -1.25. The van der Waals surface area contributed by atoms with Crippen LogP contribution >= 0.6 is 0 Å². The summed E-state index contributed by atoms with van der Waals surface area (Å²) in [6.07, 6.45) is 0.560. The van der Waals surface area contributed by atoms with Crippen LogP contribution in [0.25, 0.3) is 10.9 Å². The number of carbonyl (C=O) groups is 1. The number of hydrogen-bond donors (Lipinski definition) is 1. The Morgan fingerprint density at radius 3 is 2.36 bits per heavy atom. The molecule has 3 aromatic rings. The van der Waals surface area contributed by atoms with Gasteiger partial charge < -0.3 is 4.90 Å². The average molecular weight is 405 g/mol. The maximum atomic E-state index is 13.3. The van der Waals surface area contributed by atoms with Gasteiger partial charge in [-0.05, 0) is 55.3 Å². The van der Waals surface area contributed by atoms with Crippen LogP contribution in [0, 0.1) is 11.6 Å². The number of rotatable bonds is 3. The molecule has 1 aliphatic rings. The van der Waals surface area contributed by atoms with Gasteiger partial charge >= 0.3 is 0 Å². The van der Waals surface area contributed by atoms with Crippen molar-refractivity contribution in [3.63, 3.8) is 0 Å². The van der Waals surface area contributed by atoms with E-state index in [1.54, 1.807) is 4.90 Å². The summed E-state index contributed by atoms with van der Waals surface area (Å²) in [6.45, 7) is 0.527. The summed E-state index contributed by atoms with van der Waals surface area (Å²) in [7, 11) is -3.59. The molecule has 9 heteroatoms. The van der Waals surface area contributed by atoms with E-state index < -0.39 is 26.7 Å². The zero-order valence-corrected chi connectivity index (χ0v) is 15.5. The van der Waals surface area contributed by atoms with Crippen molar-refractivity contribution in [1.29, 1.82) is 0 Å². The molecule has 1 aliphatic heterocycles. The lowest BCUT2D eigenvalue weighted by Crippen LogP contribution is -2.42. The number of piperidine rings is 1. The Bertz CT molecular complexity index is 1130. The minimum absolute atomic E-state index is 0.0824. The smallest absolute Gasteiger partial charge is 0.274 e. The Morgan fingerprint density at radius 2 is 1.68 bits per heavy atom. The fourth-order valence-corrected chi connectivity index (χ4v) is 5.22. The highest BCUT2D eigenvalue weighted by Crippen LogP contribution is 2.26. The predicted molar refractivity (Wildman–Crippen MR) is 98.6 cm³/mol. The van der Waals surface area contributed by atoms with Gasteiger partial charge in [-0.3, -0.25) is 9.89 Å². The van der Waals surface area contributed by atoms with Gasteiger partial charge in [0.15, 0.2) is 15.5 Å². The lowest BCUT2D eigenvalue weighted by molar-refractivity contribution is 0.0721. The van der Waals surface area contributed by atoms with Gasteiger partial charge in [0, 0.05) is 18.5 Å². The number of H-pyrrole nitrogens is 1. The second-order valence-corrected chi connectivity index (χ2v) is 8.98. The number of halogens is 2. The fraction of sp³-hybridized carbons (Fsp3) is 0.263. The van der Waals surface area contributed by atoms with Crippen molar-refractivity contribution in [2.45, 2.75) is 23.0 Å². The molecule has 146 valence electrons. The van der Waals surface area contributed by atoms with Crippen molar-refractivity contribution in [2.24, 2.45) is 0 Å². The minimum atomic E-state index is -3.59. The zero-order chi connectivity index (χ0) is 19.9. The second-order valence-electron chi connectivity index (χ2n) is 6.75. The number of amides is 1. The molecule has 0 spiro atoms. The van der Waals surface area contributed by atoms with Gasteiger partial charge in [-0.15, -0.1) is 0 Å². The number of nitrogens with zero attached hydrogens (tertiary/aromatic N) is 2. The van der Waals surface area contributed by atoms with E-state index >= 15 is 0 Å². The Kier molecular flexibility index (Phi) is 4.62. The van der Waals surface area contributed by atoms with Crippen LogP contribution in [0.4, 0.5) is 8.78 Å². The topological polar surface area (TPSA) is 83.1 Å². The van der Waals surface area contributed by atoms with Crippen molar-refractivity contribution in [3.05, 3.63) is 59.8 Å². The number of nitrogens with one attached hydrogen (secondary N) is 1. The number of aromatic nitrogens is 2. The largest absolute Gasteiger partial charge is 0.337 e. The lowest BCUT2D eigenvalue weighted by Gasteiger charge is -2.31. The zero-order valence-electron chi connectivity index (χ0n) is 14.7. The third kappa shape index (κ3) is 3.26. The van der Waals surface area contributed by atoms with E-state index in [4.69, 9.17) is 0 Å². The van der Waals surface area contributed by atoms with Crippen LogP contribution in [0.5, 0.6) is 0 Å². The van der Waals surface area contributed by atoms with Gasteiger partial charge in [-0.2, -0.15) is 5.10 Å². The summed E-state index contributed by atoms with van der Waals surface area (Å²) in [4.78, 5) is 14.4. The van der Waals surface area contributed by atoms with Gasteiger partial charge in [0.25, 0.3) is 5.91 Å². The first-order valence-corrected chi connectivity index (χ1v) is 10.3. The maximum absolute atomic E-state index is 13.3. The number of aromatic amines is 1. The SMILES string of the molecule is O=C(c1n[nH]c2cc(F)ccc12)N1CCC(S(=O)(=O)c2ccc(F)cc2)CC1. The van der Waals surface area contributed by atoms with Crippen molar-refractivity contribution in [3.8, 4) is 0 Å². The van der Waals surface area contributed by atoms with Crippen LogP contribution in [0.3, 0.4) is 0 Å². The van der Waals surface area contributed by atoms with Gasteiger partial charge in [0.1, 0.15) is 11.6 Å². The molecule has 2 aromatic carbocycles. The number of fused-ring (bicyclic) bond motifs is 1. The molecule has 1 aromatic heterocycles. The van der Waals surface area contributed by atoms with Crippen LogP contribution in [0.1, 0.15) is 23.3 Å². The van der Waals surface area contributed by atoms with Gasteiger partial charge in [0.2, 0.25) is 0 Å². The molecule has 0 unspecified atom stereocenters.